The average Bonchev–Trinajstić information content (AvgIpc) is 2.85. The molecule has 2 aromatic rings. The van der Waals surface area contributed by atoms with Gasteiger partial charge in [0.1, 0.15) is 5.75 Å². The van der Waals surface area contributed by atoms with Crippen molar-refractivity contribution in [2.24, 2.45) is 4.99 Å². The minimum absolute atomic E-state index is 0.0470. The van der Waals surface area contributed by atoms with Gasteiger partial charge in [-0.05, 0) is 54.1 Å². The van der Waals surface area contributed by atoms with Gasteiger partial charge in [-0.3, -0.25) is 9.69 Å². The summed E-state index contributed by atoms with van der Waals surface area (Å²) in [5, 5.41) is 0.677. The van der Waals surface area contributed by atoms with Crippen LogP contribution in [0.2, 0.25) is 0 Å². The molecule has 0 unspecified atom stereocenters. The number of carbonyl (C=O) groups is 1. The highest BCUT2D eigenvalue weighted by atomic mass is 32.2. The molecule has 1 amide bonds. The zero-order valence-corrected chi connectivity index (χ0v) is 14.6. The Labute approximate surface area is 145 Å². The van der Waals surface area contributed by atoms with E-state index in [2.05, 4.69) is 4.99 Å². The van der Waals surface area contributed by atoms with Crippen molar-refractivity contribution in [3.05, 3.63) is 64.6 Å². The van der Waals surface area contributed by atoms with E-state index < -0.39 is 0 Å². The lowest BCUT2D eigenvalue weighted by molar-refractivity contribution is -0.121. The van der Waals surface area contributed by atoms with E-state index in [1.54, 1.807) is 19.1 Å². The second-order valence-corrected chi connectivity index (χ2v) is 6.44. The molecule has 0 spiro atoms. The number of likely N-dealkylation sites (N-methyl/N-ethyl adjacent to an activating group) is 1. The minimum Gasteiger partial charge on any atom is -0.496 e. The van der Waals surface area contributed by atoms with Crippen LogP contribution in [0.1, 0.15) is 11.1 Å². The second-order valence-electron chi connectivity index (χ2n) is 5.43. The first kappa shape index (κ1) is 16.3. The van der Waals surface area contributed by atoms with Gasteiger partial charge in [0.25, 0.3) is 5.91 Å². The maximum absolute atomic E-state index is 12.5. The van der Waals surface area contributed by atoms with Crippen molar-refractivity contribution in [1.29, 1.82) is 0 Å². The highest BCUT2D eigenvalue weighted by molar-refractivity contribution is 8.18. The van der Waals surface area contributed by atoms with Crippen LogP contribution in [0.15, 0.2) is 58.4 Å². The van der Waals surface area contributed by atoms with E-state index in [0.29, 0.717) is 10.1 Å². The number of thioether (sulfide) groups is 1. The van der Waals surface area contributed by atoms with Crippen molar-refractivity contribution in [3.63, 3.8) is 0 Å². The fourth-order valence-electron chi connectivity index (χ4n) is 2.34. The van der Waals surface area contributed by atoms with Gasteiger partial charge in [-0.1, -0.05) is 30.3 Å². The number of hydrogen-bond acceptors (Lipinski definition) is 4. The van der Waals surface area contributed by atoms with Crippen LogP contribution in [0, 0.1) is 6.92 Å². The third-order valence-corrected chi connectivity index (χ3v) is 4.77. The number of benzene rings is 2. The van der Waals surface area contributed by atoms with Gasteiger partial charge in [0.05, 0.1) is 17.7 Å². The Morgan fingerprint density at radius 1 is 1.17 bits per heavy atom. The minimum atomic E-state index is -0.0470. The molecule has 0 saturated carbocycles. The van der Waals surface area contributed by atoms with E-state index in [1.165, 1.54) is 11.8 Å². The molecule has 1 fully saturated rings. The lowest BCUT2D eigenvalue weighted by atomic mass is 10.1. The summed E-state index contributed by atoms with van der Waals surface area (Å²) in [5.74, 6) is 0.764. The summed E-state index contributed by atoms with van der Waals surface area (Å²) < 4.78 is 5.34. The largest absolute Gasteiger partial charge is 0.496 e. The fraction of sp³-hybridized carbons (Fsp3) is 0.158. The molecule has 2 aromatic carbocycles. The summed E-state index contributed by atoms with van der Waals surface area (Å²) in [7, 11) is 3.39. The molecule has 1 aliphatic rings. The Balaban J connectivity index is 1.90. The van der Waals surface area contributed by atoms with Crippen LogP contribution in [-0.2, 0) is 4.79 Å². The van der Waals surface area contributed by atoms with E-state index in [9.17, 15) is 4.79 Å². The smallest absolute Gasteiger partial charge is 0.266 e. The molecule has 0 aromatic heterocycles. The van der Waals surface area contributed by atoms with Gasteiger partial charge in [0.2, 0.25) is 0 Å². The highest BCUT2D eigenvalue weighted by Crippen LogP contribution is 2.33. The lowest BCUT2D eigenvalue weighted by Crippen LogP contribution is -2.23. The molecule has 1 saturated heterocycles. The number of aliphatic imine (C=N–C) groups is 1. The van der Waals surface area contributed by atoms with Crippen molar-refractivity contribution < 1.29 is 9.53 Å². The van der Waals surface area contributed by atoms with Crippen LogP contribution >= 0.6 is 11.8 Å². The van der Waals surface area contributed by atoms with E-state index in [1.807, 2.05) is 61.5 Å². The number of amidine groups is 1. The third-order valence-electron chi connectivity index (χ3n) is 3.71. The van der Waals surface area contributed by atoms with Crippen LogP contribution < -0.4 is 4.74 Å². The highest BCUT2D eigenvalue weighted by Gasteiger charge is 2.30. The summed E-state index contributed by atoms with van der Waals surface area (Å²) in [6.07, 6.45) is 1.87. The van der Waals surface area contributed by atoms with Crippen LogP contribution in [0.4, 0.5) is 5.69 Å². The molecule has 122 valence electrons. The summed E-state index contributed by atoms with van der Waals surface area (Å²) in [6.45, 7) is 1.99. The molecule has 0 aliphatic carbocycles. The van der Waals surface area contributed by atoms with Gasteiger partial charge in [-0.15, -0.1) is 0 Å². The fourth-order valence-corrected chi connectivity index (χ4v) is 3.33. The molecular formula is C19H18N2O2S. The van der Waals surface area contributed by atoms with Crippen molar-refractivity contribution >= 4 is 34.6 Å². The summed E-state index contributed by atoms with van der Waals surface area (Å²) in [6, 6.07) is 15.5. The van der Waals surface area contributed by atoms with Crippen LogP contribution in [0.3, 0.4) is 0 Å². The van der Waals surface area contributed by atoms with Crippen molar-refractivity contribution in [1.82, 2.24) is 4.90 Å². The number of carbonyl (C=O) groups excluding carboxylic acids is 1. The molecule has 24 heavy (non-hydrogen) atoms. The number of nitrogens with zero attached hydrogens (tertiary/aromatic N) is 2. The standard InChI is InChI=1S/C19H18N2O2S/c1-13-9-10-14(11-16(13)23-3)12-17-18(22)21(2)19(24-17)20-15-7-5-4-6-8-15/h4-12H,1-3H3. The number of para-hydroxylation sites is 1. The molecule has 0 radical (unpaired) electrons. The Kier molecular flexibility index (Phi) is 4.71. The second kappa shape index (κ2) is 6.93. The van der Waals surface area contributed by atoms with E-state index >= 15 is 0 Å². The topological polar surface area (TPSA) is 41.9 Å². The molecule has 3 rings (SSSR count). The number of rotatable bonds is 3. The first-order valence-electron chi connectivity index (χ1n) is 7.54. The van der Waals surface area contributed by atoms with Gasteiger partial charge < -0.3 is 4.74 Å². The van der Waals surface area contributed by atoms with E-state index in [-0.39, 0.29) is 5.91 Å². The monoisotopic (exact) mass is 338 g/mol. The Morgan fingerprint density at radius 2 is 1.92 bits per heavy atom. The summed E-state index contributed by atoms with van der Waals surface area (Å²) in [4.78, 5) is 19.2. The van der Waals surface area contributed by atoms with E-state index in [0.717, 1.165) is 22.6 Å². The number of hydrogen-bond donors (Lipinski definition) is 0. The normalized spacial score (nSPS) is 17.8. The van der Waals surface area contributed by atoms with Gasteiger partial charge in [-0.25, -0.2) is 4.99 Å². The zero-order chi connectivity index (χ0) is 17.1. The van der Waals surface area contributed by atoms with Crippen molar-refractivity contribution in [2.75, 3.05) is 14.2 Å². The molecule has 5 heteroatoms. The number of aryl methyl sites for hydroxylation is 1. The predicted octanol–water partition coefficient (Wildman–Crippen LogP) is 4.24. The first-order valence-corrected chi connectivity index (χ1v) is 8.36. The van der Waals surface area contributed by atoms with Gasteiger partial charge in [0, 0.05) is 7.05 Å². The van der Waals surface area contributed by atoms with Crippen molar-refractivity contribution in [2.45, 2.75) is 6.92 Å². The molecule has 0 atom stereocenters. The molecular weight excluding hydrogens is 320 g/mol. The Hall–Kier alpha value is -2.53. The molecule has 1 heterocycles. The lowest BCUT2D eigenvalue weighted by Gasteiger charge is -2.07. The third kappa shape index (κ3) is 3.36. The summed E-state index contributed by atoms with van der Waals surface area (Å²) >= 11 is 1.38. The Morgan fingerprint density at radius 3 is 2.62 bits per heavy atom. The molecule has 0 bridgehead atoms. The predicted molar refractivity (Wildman–Crippen MR) is 99.6 cm³/mol. The van der Waals surface area contributed by atoms with Gasteiger partial charge in [0.15, 0.2) is 5.17 Å². The summed E-state index contributed by atoms with van der Waals surface area (Å²) in [5.41, 5.74) is 2.83. The van der Waals surface area contributed by atoms with E-state index in [4.69, 9.17) is 4.74 Å². The quantitative estimate of drug-likeness (QED) is 0.786. The van der Waals surface area contributed by atoms with Crippen molar-refractivity contribution in [3.8, 4) is 5.75 Å². The van der Waals surface area contributed by atoms with Gasteiger partial charge >= 0.3 is 0 Å². The maximum Gasteiger partial charge on any atom is 0.266 e. The van der Waals surface area contributed by atoms with Crippen LogP contribution in [-0.4, -0.2) is 30.1 Å². The van der Waals surface area contributed by atoms with Crippen LogP contribution in [0.25, 0.3) is 6.08 Å². The van der Waals surface area contributed by atoms with Gasteiger partial charge in [-0.2, -0.15) is 0 Å². The Bertz CT molecular complexity index is 829. The number of ether oxygens (including phenoxy) is 1. The molecule has 1 aliphatic heterocycles. The molecule has 0 N–H and O–H groups in total. The zero-order valence-electron chi connectivity index (χ0n) is 13.8. The average molecular weight is 338 g/mol. The molecule has 4 nitrogen and oxygen atoms in total. The van der Waals surface area contributed by atoms with Crippen LogP contribution in [0.5, 0.6) is 5.75 Å². The number of amides is 1. The number of methoxy groups -OCH3 is 1. The first-order chi connectivity index (χ1) is 11.6. The maximum atomic E-state index is 12.5. The SMILES string of the molecule is COc1cc(C=C2SC(=Nc3ccccc3)N(C)C2=O)ccc1C.